The number of rotatable bonds is 5. The van der Waals surface area contributed by atoms with E-state index in [2.05, 4.69) is 17.1 Å². The molecule has 4 rings (SSSR count). The first-order chi connectivity index (χ1) is 14.9. The molecule has 1 aliphatic carbocycles. The number of amides is 4. The topological polar surface area (TPSA) is 73.0 Å². The van der Waals surface area contributed by atoms with Gasteiger partial charge in [0.2, 0.25) is 5.91 Å². The van der Waals surface area contributed by atoms with Crippen molar-refractivity contribution in [3.05, 3.63) is 34.9 Å². The van der Waals surface area contributed by atoms with Gasteiger partial charge in [0, 0.05) is 37.7 Å². The summed E-state index contributed by atoms with van der Waals surface area (Å²) in [5.74, 6) is 0.236. The Balaban J connectivity index is 1.29. The summed E-state index contributed by atoms with van der Waals surface area (Å²) in [7, 11) is 0. The van der Waals surface area contributed by atoms with Crippen LogP contribution in [0.3, 0.4) is 0 Å². The second kappa shape index (κ2) is 9.17. The molecule has 0 unspecified atom stereocenters. The van der Waals surface area contributed by atoms with Gasteiger partial charge in [0.05, 0.1) is 0 Å². The molecule has 1 N–H and O–H groups in total. The van der Waals surface area contributed by atoms with Gasteiger partial charge < -0.3 is 10.2 Å². The fourth-order valence-electron chi connectivity index (χ4n) is 5.02. The van der Waals surface area contributed by atoms with E-state index in [9.17, 15) is 14.4 Å². The Morgan fingerprint density at radius 2 is 1.87 bits per heavy atom. The lowest BCUT2D eigenvalue weighted by Gasteiger charge is -2.36. The highest BCUT2D eigenvalue weighted by molar-refractivity contribution is 6.30. The third kappa shape index (κ3) is 4.72. The SMILES string of the molecule is CCC1CCC2(CC1)NC(=O)N(CC(=O)N1CCN(Cc3cccc(Cl)c3)CC1)C2=O. The Labute approximate surface area is 188 Å². The van der Waals surface area contributed by atoms with Gasteiger partial charge >= 0.3 is 6.03 Å². The molecule has 8 heteroatoms. The molecule has 2 heterocycles. The molecule has 1 spiro atoms. The number of nitrogens with zero attached hydrogens (tertiary/aromatic N) is 3. The van der Waals surface area contributed by atoms with E-state index in [1.165, 1.54) is 0 Å². The molecule has 1 aromatic rings. The maximum Gasteiger partial charge on any atom is 0.325 e. The minimum atomic E-state index is -0.793. The van der Waals surface area contributed by atoms with Gasteiger partial charge in [-0.25, -0.2) is 4.79 Å². The van der Waals surface area contributed by atoms with Crippen LogP contribution in [0.4, 0.5) is 4.79 Å². The number of benzene rings is 1. The van der Waals surface area contributed by atoms with E-state index in [1.807, 2.05) is 24.3 Å². The van der Waals surface area contributed by atoms with Crippen LogP contribution in [0.15, 0.2) is 24.3 Å². The molecule has 0 aromatic heterocycles. The zero-order chi connectivity index (χ0) is 22.0. The molecule has 0 bridgehead atoms. The summed E-state index contributed by atoms with van der Waals surface area (Å²) >= 11 is 6.06. The van der Waals surface area contributed by atoms with Crippen LogP contribution in [0.25, 0.3) is 0 Å². The van der Waals surface area contributed by atoms with E-state index in [4.69, 9.17) is 11.6 Å². The van der Waals surface area contributed by atoms with Crippen LogP contribution < -0.4 is 5.32 Å². The molecule has 3 aliphatic rings. The number of hydrogen-bond donors (Lipinski definition) is 1. The van der Waals surface area contributed by atoms with Gasteiger partial charge in [-0.15, -0.1) is 0 Å². The summed E-state index contributed by atoms with van der Waals surface area (Å²) in [6.45, 7) is 5.46. The molecular weight excluding hydrogens is 416 g/mol. The van der Waals surface area contributed by atoms with Gasteiger partial charge in [-0.1, -0.05) is 37.1 Å². The molecule has 0 radical (unpaired) electrons. The first-order valence-corrected chi connectivity index (χ1v) is 11.7. The Hall–Kier alpha value is -2.12. The molecule has 0 atom stereocenters. The number of piperazine rings is 1. The predicted octanol–water partition coefficient (Wildman–Crippen LogP) is 2.88. The van der Waals surface area contributed by atoms with Crippen LogP contribution in [0.5, 0.6) is 0 Å². The van der Waals surface area contributed by atoms with Crippen LogP contribution in [0.2, 0.25) is 5.02 Å². The Morgan fingerprint density at radius 1 is 1.16 bits per heavy atom. The van der Waals surface area contributed by atoms with Crippen LogP contribution in [-0.4, -0.2) is 70.8 Å². The van der Waals surface area contributed by atoms with Crippen molar-refractivity contribution in [1.29, 1.82) is 0 Å². The molecule has 168 valence electrons. The predicted molar refractivity (Wildman–Crippen MR) is 119 cm³/mol. The number of hydrogen-bond acceptors (Lipinski definition) is 4. The molecular formula is C23H31ClN4O3. The number of carbonyl (C=O) groups excluding carboxylic acids is 3. The van der Waals surface area contributed by atoms with Crippen molar-refractivity contribution in [1.82, 2.24) is 20.0 Å². The second-order valence-corrected chi connectivity index (χ2v) is 9.48. The Bertz CT molecular complexity index is 845. The second-order valence-electron chi connectivity index (χ2n) is 9.04. The average molecular weight is 447 g/mol. The first-order valence-electron chi connectivity index (χ1n) is 11.3. The van der Waals surface area contributed by atoms with E-state index >= 15 is 0 Å². The van der Waals surface area contributed by atoms with Gasteiger partial charge in [-0.05, 0) is 49.3 Å². The lowest BCUT2D eigenvalue weighted by molar-refractivity contribution is -0.140. The van der Waals surface area contributed by atoms with Crippen molar-refractivity contribution in [2.24, 2.45) is 5.92 Å². The largest absolute Gasteiger partial charge is 0.339 e. The minimum Gasteiger partial charge on any atom is -0.339 e. The molecule has 3 fully saturated rings. The summed E-state index contributed by atoms with van der Waals surface area (Å²) in [6, 6.07) is 7.38. The van der Waals surface area contributed by atoms with Crippen LogP contribution in [0, 0.1) is 5.92 Å². The highest BCUT2D eigenvalue weighted by atomic mass is 35.5. The molecule has 1 aromatic carbocycles. The zero-order valence-corrected chi connectivity index (χ0v) is 18.9. The van der Waals surface area contributed by atoms with Crippen molar-refractivity contribution >= 4 is 29.4 Å². The molecule has 4 amide bonds. The summed E-state index contributed by atoms with van der Waals surface area (Å²) in [5.41, 5.74) is 0.355. The molecule has 2 aliphatic heterocycles. The van der Waals surface area contributed by atoms with E-state index in [0.29, 0.717) is 31.8 Å². The number of urea groups is 1. The van der Waals surface area contributed by atoms with Crippen LogP contribution in [0.1, 0.15) is 44.6 Å². The Kier molecular flexibility index (Phi) is 6.53. The molecule has 1 saturated carbocycles. The van der Waals surface area contributed by atoms with Crippen molar-refractivity contribution in [3.63, 3.8) is 0 Å². The van der Waals surface area contributed by atoms with Crippen molar-refractivity contribution in [3.8, 4) is 0 Å². The van der Waals surface area contributed by atoms with Gasteiger partial charge in [-0.3, -0.25) is 19.4 Å². The first kappa shape index (κ1) is 22.1. The van der Waals surface area contributed by atoms with E-state index in [0.717, 1.165) is 54.4 Å². The van der Waals surface area contributed by atoms with Crippen molar-refractivity contribution in [2.75, 3.05) is 32.7 Å². The molecule has 7 nitrogen and oxygen atoms in total. The maximum atomic E-state index is 13.0. The highest BCUT2D eigenvalue weighted by Gasteiger charge is 2.52. The van der Waals surface area contributed by atoms with Gasteiger partial charge in [-0.2, -0.15) is 0 Å². The monoisotopic (exact) mass is 446 g/mol. The smallest absolute Gasteiger partial charge is 0.325 e. The Morgan fingerprint density at radius 3 is 2.52 bits per heavy atom. The van der Waals surface area contributed by atoms with Crippen molar-refractivity contribution < 1.29 is 14.4 Å². The number of halogens is 1. The number of imide groups is 1. The van der Waals surface area contributed by atoms with Gasteiger partial charge in [0.25, 0.3) is 5.91 Å². The molecule has 2 saturated heterocycles. The van der Waals surface area contributed by atoms with Crippen molar-refractivity contribution in [2.45, 2.75) is 51.1 Å². The summed E-state index contributed by atoms with van der Waals surface area (Å²) in [4.78, 5) is 43.6. The minimum absolute atomic E-state index is 0.162. The van der Waals surface area contributed by atoms with Crippen LogP contribution in [-0.2, 0) is 16.1 Å². The normalized spacial score (nSPS) is 27.1. The van der Waals surface area contributed by atoms with Gasteiger partial charge in [0.1, 0.15) is 12.1 Å². The fraction of sp³-hybridized carbons (Fsp3) is 0.609. The molecule has 31 heavy (non-hydrogen) atoms. The average Bonchev–Trinajstić information content (AvgIpc) is 2.99. The zero-order valence-electron chi connectivity index (χ0n) is 18.1. The summed E-state index contributed by atoms with van der Waals surface area (Å²) < 4.78 is 0. The van der Waals surface area contributed by atoms with Crippen LogP contribution >= 0.6 is 11.6 Å². The van der Waals surface area contributed by atoms with E-state index in [1.54, 1.807) is 4.90 Å². The van der Waals surface area contributed by atoms with Gasteiger partial charge in [0.15, 0.2) is 0 Å². The third-order valence-corrected chi connectivity index (χ3v) is 7.33. The lowest BCUT2D eigenvalue weighted by Crippen LogP contribution is -2.52. The number of carbonyl (C=O) groups is 3. The standard InChI is InChI=1S/C23H31ClN4O3/c1-2-17-6-8-23(9-7-17)21(30)28(22(31)25-23)16-20(29)27-12-10-26(11-13-27)15-18-4-3-5-19(24)14-18/h3-5,14,17H,2,6-13,15-16H2,1H3,(H,25,31). The van der Waals surface area contributed by atoms with E-state index in [-0.39, 0.29) is 18.4 Å². The number of nitrogens with one attached hydrogen (secondary N) is 1. The summed E-state index contributed by atoms with van der Waals surface area (Å²) in [5, 5.41) is 3.63. The maximum absolute atomic E-state index is 13.0. The highest BCUT2D eigenvalue weighted by Crippen LogP contribution is 2.37. The quantitative estimate of drug-likeness (QED) is 0.706. The fourth-order valence-corrected chi connectivity index (χ4v) is 5.23. The third-order valence-electron chi connectivity index (χ3n) is 7.10. The summed E-state index contributed by atoms with van der Waals surface area (Å²) in [6.07, 6.45) is 4.33. The van der Waals surface area contributed by atoms with E-state index < -0.39 is 11.6 Å². The lowest BCUT2D eigenvalue weighted by atomic mass is 9.75.